The predicted molar refractivity (Wildman–Crippen MR) is 97.2 cm³/mol. The van der Waals surface area contributed by atoms with E-state index in [0.29, 0.717) is 10.4 Å². The molecule has 6 nitrogen and oxygen atoms in total. The zero-order valence-corrected chi connectivity index (χ0v) is 16.7. The van der Waals surface area contributed by atoms with E-state index in [1.165, 1.54) is 0 Å². The summed E-state index contributed by atoms with van der Waals surface area (Å²) in [5, 5.41) is 6.01. The molecule has 0 aliphatic heterocycles. The first kappa shape index (κ1) is 23.5. The number of nitrogens with zero attached hydrogens (tertiary/aromatic N) is 3. The summed E-state index contributed by atoms with van der Waals surface area (Å²) in [6.45, 7) is -0.677. The number of benzene rings is 2. The molecule has 3 aromatic rings. The van der Waals surface area contributed by atoms with Gasteiger partial charge in [-0.05, 0) is 30.3 Å². The molecule has 0 saturated heterocycles. The summed E-state index contributed by atoms with van der Waals surface area (Å²) >= 11 is 0. The van der Waals surface area contributed by atoms with Crippen molar-refractivity contribution in [1.82, 2.24) is 10.2 Å². The van der Waals surface area contributed by atoms with Gasteiger partial charge in [0.2, 0.25) is 15.9 Å². The van der Waals surface area contributed by atoms with Crippen molar-refractivity contribution >= 4 is 15.7 Å². The van der Waals surface area contributed by atoms with Crippen LogP contribution in [-0.2, 0) is 28.9 Å². The molecule has 0 spiro atoms. The normalized spacial score (nSPS) is 12.8. The Morgan fingerprint density at radius 3 is 2.19 bits per heavy atom. The molecule has 0 fully saturated rings. The van der Waals surface area contributed by atoms with E-state index in [1.807, 2.05) is 0 Å². The van der Waals surface area contributed by atoms with Crippen LogP contribution >= 0.6 is 0 Å². The van der Waals surface area contributed by atoms with E-state index in [1.54, 1.807) is 0 Å². The van der Waals surface area contributed by atoms with Gasteiger partial charge >= 0.3 is 18.2 Å². The number of halogens is 7. The summed E-state index contributed by atoms with van der Waals surface area (Å²) in [6.07, 6.45) is -8.90. The highest BCUT2D eigenvalue weighted by Gasteiger charge is 2.38. The van der Waals surface area contributed by atoms with Crippen LogP contribution in [0, 0.1) is 5.82 Å². The smallest absolute Gasteiger partial charge is 0.413 e. The van der Waals surface area contributed by atoms with E-state index in [0.717, 1.165) is 42.7 Å². The summed E-state index contributed by atoms with van der Waals surface area (Å²) in [7, 11) is -4.14. The lowest BCUT2D eigenvalue weighted by Crippen LogP contribution is -2.30. The molecule has 0 amide bonds. The van der Waals surface area contributed by atoms with Gasteiger partial charge in [-0.15, -0.1) is 10.2 Å². The average molecular weight is 483 g/mol. The third kappa shape index (κ3) is 5.18. The minimum atomic E-state index is -4.90. The lowest BCUT2D eigenvalue weighted by Gasteiger charge is -2.23. The van der Waals surface area contributed by atoms with Gasteiger partial charge in [0.1, 0.15) is 5.82 Å². The first-order chi connectivity index (χ1) is 14.7. The second-order valence-corrected chi connectivity index (χ2v) is 8.44. The average Bonchev–Trinajstić information content (AvgIpc) is 3.16. The van der Waals surface area contributed by atoms with Crippen molar-refractivity contribution in [2.45, 2.75) is 18.9 Å². The maximum Gasteiger partial charge on any atom is 0.470 e. The number of aromatic nitrogens is 2. The maximum absolute atomic E-state index is 14.6. The van der Waals surface area contributed by atoms with Crippen LogP contribution in [0.3, 0.4) is 0 Å². The summed E-state index contributed by atoms with van der Waals surface area (Å²) in [5.41, 5.74) is -1.92. The van der Waals surface area contributed by atoms with Crippen molar-refractivity contribution < 1.29 is 43.6 Å². The van der Waals surface area contributed by atoms with Gasteiger partial charge in [-0.1, -0.05) is 12.1 Å². The van der Waals surface area contributed by atoms with Gasteiger partial charge in [0, 0.05) is 11.1 Å². The van der Waals surface area contributed by atoms with Crippen molar-refractivity contribution in [3.8, 4) is 11.5 Å². The molecule has 14 heteroatoms. The van der Waals surface area contributed by atoms with Gasteiger partial charge in [-0.2, -0.15) is 26.3 Å². The molecule has 0 saturated carbocycles. The first-order valence-corrected chi connectivity index (χ1v) is 10.4. The molecule has 0 atom stereocenters. The molecule has 0 aliphatic carbocycles. The molecule has 3 rings (SSSR count). The van der Waals surface area contributed by atoms with E-state index >= 15 is 0 Å². The zero-order chi connectivity index (χ0) is 23.9. The molecular formula is C18H12F7N3O3S. The molecule has 32 heavy (non-hydrogen) atoms. The van der Waals surface area contributed by atoms with Gasteiger partial charge in [0.15, 0.2) is 0 Å². The number of hydrogen-bond donors (Lipinski definition) is 0. The maximum atomic E-state index is 14.6. The minimum Gasteiger partial charge on any atom is -0.413 e. The molecule has 0 bridgehead atoms. The molecule has 0 unspecified atom stereocenters. The second-order valence-electron chi connectivity index (χ2n) is 6.53. The fourth-order valence-electron chi connectivity index (χ4n) is 2.66. The van der Waals surface area contributed by atoms with E-state index in [4.69, 9.17) is 0 Å². The number of alkyl halides is 6. The summed E-state index contributed by atoms with van der Waals surface area (Å²) < 4.78 is 121. The standard InChI is InChI=1S/C18H12F7N3O3S/c1-32(29,30)28(13-4-2-3-12(8-13)17(20,21)22)9-11-6-5-10(7-14(11)19)15-26-27-16(31-15)18(23,24)25/h2-8H,9H2,1H3. The van der Waals surface area contributed by atoms with Crippen LogP contribution in [0.5, 0.6) is 0 Å². The van der Waals surface area contributed by atoms with Crippen LogP contribution < -0.4 is 4.31 Å². The fraction of sp³-hybridized carbons (Fsp3) is 0.222. The van der Waals surface area contributed by atoms with Gasteiger partial charge < -0.3 is 4.42 Å². The molecule has 1 heterocycles. The highest BCUT2D eigenvalue weighted by molar-refractivity contribution is 7.92. The van der Waals surface area contributed by atoms with Crippen molar-refractivity contribution in [2.75, 3.05) is 10.6 Å². The van der Waals surface area contributed by atoms with Crippen LogP contribution in [-0.4, -0.2) is 24.9 Å². The number of sulfonamides is 1. The van der Waals surface area contributed by atoms with Gasteiger partial charge in [-0.25, -0.2) is 12.8 Å². The van der Waals surface area contributed by atoms with Crippen LogP contribution in [0.2, 0.25) is 0 Å². The lowest BCUT2D eigenvalue weighted by molar-refractivity contribution is -0.157. The Kier molecular flexibility index (Phi) is 5.93. The molecule has 0 aliphatic rings. The minimum absolute atomic E-state index is 0.209. The van der Waals surface area contributed by atoms with E-state index < -0.39 is 52.1 Å². The molecule has 0 N–H and O–H groups in total. The topological polar surface area (TPSA) is 76.3 Å². The molecule has 2 aromatic carbocycles. The van der Waals surface area contributed by atoms with E-state index in [2.05, 4.69) is 14.6 Å². The Morgan fingerprint density at radius 1 is 0.969 bits per heavy atom. The Hall–Kier alpha value is -3.16. The van der Waals surface area contributed by atoms with Gasteiger partial charge in [-0.3, -0.25) is 4.31 Å². The predicted octanol–water partition coefficient (Wildman–Crippen LogP) is 4.88. The van der Waals surface area contributed by atoms with Crippen LogP contribution in [0.4, 0.5) is 36.4 Å². The molecule has 0 radical (unpaired) electrons. The number of hydrogen-bond acceptors (Lipinski definition) is 5. The number of rotatable bonds is 5. The molecule has 172 valence electrons. The monoisotopic (exact) mass is 483 g/mol. The zero-order valence-electron chi connectivity index (χ0n) is 15.9. The van der Waals surface area contributed by atoms with E-state index in [9.17, 15) is 39.2 Å². The summed E-state index contributed by atoms with van der Waals surface area (Å²) in [6, 6.07) is 6.37. The van der Waals surface area contributed by atoms with E-state index in [-0.39, 0.29) is 16.8 Å². The highest BCUT2D eigenvalue weighted by Crippen LogP contribution is 2.34. The second kappa shape index (κ2) is 8.07. The lowest BCUT2D eigenvalue weighted by atomic mass is 10.1. The summed E-state index contributed by atoms with van der Waals surface area (Å²) in [5.74, 6) is -3.31. The summed E-state index contributed by atoms with van der Waals surface area (Å²) in [4.78, 5) is 0. The van der Waals surface area contributed by atoms with Crippen LogP contribution in [0.15, 0.2) is 46.9 Å². The third-order valence-electron chi connectivity index (χ3n) is 4.14. The fourth-order valence-corrected chi connectivity index (χ4v) is 3.53. The Bertz CT molecular complexity index is 1240. The molecular weight excluding hydrogens is 471 g/mol. The van der Waals surface area contributed by atoms with Crippen molar-refractivity contribution in [3.63, 3.8) is 0 Å². The van der Waals surface area contributed by atoms with Crippen LogP contribution in [0.1, 0.15) is 17.0 Å². The van der Waals surface area contributed by atoms with Crippen LogP contribution in [0.25, 0.3) is 11.5 Å². The third-order valence-corrected chi connectivity index (χ3v) is 5.28. The Balaban J connectivity index is 1.94. The largest absolute Gasteiger partial charge is 0.470 e. The van der Waals surface area contributed by atoms with Crippen molar-refractivity contribution in [3.05, 3.63) is 65.3 Å². The van der Waals surface area contributed by atoms with Gasteiger partial charge in [0.25, 0.3) is 0 Å². The number of anilines is 1. The Labute approximate surface area is 176 Å². The van der Waals surface area contributed by atoms with Crippen molar-refractivity contribution in [2.24, 2.45) is 0 Å². The quantitative estimate of drug-likeness (QED) is 0.484. The SMILES string of the molecule is CS(=O)(=O)N(Cc1ccc(-c2nnc(C(F)(F)F)o2)cc1F)c1cccc(C(F)(F)F)c1. The highest BCUT2D eigenvalue weighted by atomic mass is 32.2. The Morgan fingerprint density at radius 2 is 1.66 bits per heavy atom. The van der Waals surface area contributed by atoms with Gasteiger partial charge in [0.05, 0.1) is 24.1 Å². The first-order valence-electron chi connectivity index (χ1n) is 8.51. The van der Waals surface area contributed by atoms with Crippen molar-refractivity contribution in [1.29, 1.82) is 0 Å². The molecule has 1 aromatic heterocycles.